The summed E-state index contributed by atoms with van der Waals surface area (Å²) in [5, 5.41) is 8.15. The van der Waals surface area contributed by atoms with E-state index in [2.05, 4.69) is 0 Å². The Morgan fingerprint density at radius 2 is 2.17 bits per heavy atom. The van der Waals surface area contributed by atoms with Crippen molar-refractivity contribution in [3.05, 3.63) is 30.1 Å². The normalized spacial score (nSPS) is 11.8. The zero-order valence-electron chi connectivity index (χ0n) is 8.88. The molecule has 0 bridgehead atoms. The first-order chi connectivity index (χ1) is 8.40. The number of sulfonamides is 1. The van der Waals surface area contributed by atoms with Gasteiger partial charge in [-0.15, -0.1) is 0 Å². The van der Waals surface area contributed by atoms with E-state index in [0.29, 0.717) is 0 Å². The van der Waals surface area contributed by atoms with Gasteiger partial charge in [0, 0.05) is 11.5 Å². The molecule has 0 spiro atoms. The molecule has 2 aromatic rings. The van der Waals surface area contributed by atoms with E-state index in [4.69, 9.17) is 9.52 Å². The minimum atomic E-state index is -4.10. The second-order valence-electron chi connectivity index (χ2n) is 3.44. The average Bonchev–Trinajstić information content (AvgIpc) is 2.73. The van der Waals surface area contributed by atoms with Crippen molar-refractivity contribution in [3.63, 3.8) is 0 Å². The quantitative estimate of drug-likeness (QED) is 0.864. The van der Waals surface area contributed by atoms with Crippen LogP contribution in [0, 0.1) is 5.82 Å². The van der Waals surface area contributed by atoms with E-state index in [0.717, 1.165) is 12.1 Å². The molecule has 0 aliphatic rings. The van der Waals surface area contributed by atoms with E-state index in [9.17, 15) is 17.6 Å². The fourth-order valence-corrected chi connectivity index (χ4v) is 2.30. The number of para-hydroxylation sites is 1. The fourth-order valence-electron chi connectivity index (χ4n) is 1.36. The van der Waals surface area contributed by atoms with Crippen LogP contribution in [0.4, 0.5) is 4.39 Å². The average molecular weight is 273 g/mol. The molecule has 0 saturated carbocycles. The van der Waals surface area contributed by atoms with Crippen LogP contribution >= 0.6 is 0 Å². The van der Waals surface area contributed by atoms with Crippen molar-refractivity contribution in [3.8, 4) is 0 Å². The molecule has 1 aromatic heterocycles. The zero-order chi connectivity index (χ0) is 13.3. The molecule has 96 valence electrons. The standard InChI is InChI=1S/C10H8FNO5S/c11-7-3-1-2-6-4-9(17-10(6)7)18(15,16)12-5-8(13)14/h1-4,12H,5H2,(H,13,14). The van der Waals surface area contributed by atoms with Crippen molar-refractivity contribution in [1.29, 1.82) is 0 Å². The summed E-state index contributed by atoms with van der Waals surface area (Å²) < 4.78 is 43.2. The molecule has 1 heterocycles. The van der Waals surface area contributed by atoms with Crippen molar-refractivity contribution in [1.82, 2.24) is 4.72 Å². The summed E-state index contributed by atoms with van der Waals surface area (Å²) in [4.78, 5) is 10.3. The van der Waals surface area contributed by atoms with Crippen LogP contribution in [0.3, 0.4) is 0 Å². The number of rotatable bonds is 4. The van der Waals surface area contributed by atoms with Crippen LogP contribution in [0.1, 0.15) is 0 Å². The highest BCUT2D eigenvalue weighted by molar-refractivity contribution is 7.89. The molecule has 0 aliphatic heterocycles. The third kappa shape index (κ3) is 2.34. The number of nitrogens with one attached hydrogen (secondary N) is 1. The van der Waals surface area contributed by atoms with Gasteiger partial charge in [-0.05, 0) is 6.07 Å². The maximum Gasteiger partial charge on any atom is 0.318 e. The fraction of sp³-hybridized carbons (Fsp3) is 0.100. The topological polar surface area (TPSA) is 96.6 Å². The molecule has 0 radical (unpaired) electrons. The largest absolute Gasteiger partial charge is 0.480 e. The SMILES string of the molecule is O=C(O)CNS(=O)(=O)c1cc2cccc(F)c2o1. The molecule has 6 nitrogen and oxygen atoms in total. The van der Waals surface area contributed by atoms with Gasteiger partial charge in [0.25, 0.3) is 10.0 Å². The predicted molar refractivity (Wildman–Crippen MR) is 59.0 cm³/mol. The number of furan rings is 1. The Morgan fingerprint density at radius 3 is 2.78 bits per heavy atom. The van der Waals surface area contributed by atoms with Gasteiger partial charge in [-0.25, -0.2) is 12.8 Å². The van der Waals surface area contributed by atoms with Crippen molar-refractivity contribution < 1.29 is 27.1 Å². The third-order valence-electron chi connectivity index (χ3n) is 2.15. The molecular weight excluding hydrogens is 265 g/mol. The second-order valence-corrected chi connectivity index (χ2v) is 5.14. The lowest BCUT2D eigenvalue weighted by atomic mass is 10.2. The highest BCUT2D eigenvalue weighted by Gasteiger charge is 2.21. The Labute approximate surface area is 101 Å². The van der Waals surface area contributed by atoms with Crippen LogP contribution in [-0.2, 0) is 14.8 Å². The molecule has 0 atom stereocenters. The van der Waals surface area contributed by atoms with Crippen LogP contribution in [0.5, 0.6) is 0 Å². The summed E-state index contributed by atoms with van der Waals surface area (Å²) >= 11 is 0. The molecule has 1 aromatic carbocycles. The van der Waals surface area contributed by atoms with Crippen LogP contribution < -0.4 is 4.72 Å². The Kier molecular flexibility index (Phi) is 3.05. The number of hydrogen-bond donors (Lipinski definition) is 2. The summed E-state index contributed by atoms with van der Waals surface area (Å²) in [6.45, 7) is -0.776. The number of halogens is 1. The second kappa shape index (κ2) is 4.39. The maximum atomic E-state index is 13.3. The minimum absolute atomic E-state index is 0.187. The van der Waals surface area contributed by atoms with Crippen molar-refractivity contribution in [2.45, 2.75) is 5.09 Å². The van der Waals surface area contributed by atoms with Gasteiger partial charge >= 0.3 is 5.97 Å². The zero-order valence-corrected chi connectivity index (χ0v) is 9.70. The lowest BCUT2D eigenvalue weighted by molar-refractivity contribution is -0.135. The molecule has 18 heavy (non-hydrogen) atoms. The van der Waals surface area contributed by atoms with E-state index in [1.165, 1.54) is 12.1 Å². The molecule has 0 saturated heterocycles. The number of carbonyl (C=O) groups is 1. The van der Waals surface area contributed by atoms with Gasteiger partial charge in [-0.3, -0.25) is 4.79 Å². The molecule has 0 fully saturated rings. The summed E-state index contributed by atoms with van der Waals surface area (Å²) in [6.07, 6.45) is 0. The van der Waals surface area contributed by atoms with E-state index in [1.807, 2.05) is 4.72 Å². The molecule has 0 amide bonds. The van der Waals surface area contributed by atoms with Crippen LogP contribution in [0.2, 0.25) is 0 Å². The van der Waals surface area contributed by atoms with Crippen LogP contribution in [0.15, 0.2) is 33.8 Å². The molecule has 2 rings (SSSR count). The summed E-state index contributed by atoms with van der Waals surface area (Å²) in [6, 6.07) is 5.15. The molecule has 0 unspecified atom stereocenters. The number of hydrogen-bond acceptors (Lipinski definition) is 4. The first-order valence-corrected chi connectivity index (χ1v) is 6.28. The highest BCUT2D eigenvalue weighted by atomic mass is 32.2. The van der Waals surface area contributed by atoms with Gasteiger partial charge in [0.2, 0.25) is 5.09 Å². The summed E-state index contributed by atoms with van der Waals surface area (Å²) in [5.74, 6) is -2.02. The van der Waals surface area contributed by atoms with E-state index in [1.54, 1.807) is 0 Å². The van der Waals surface area contributed by atoms with Crippen molar-refractivity contribution >= 4 is 27.0 Å². The first-order valence-electron chi connectivity index (χ1n) is 4.80. The lowest BCUT2D eigenvalue weighted by Gasteiger charge is -1.99. The lowest BCUT2D eigenvalue weighted by Crippen LogP contribution is -2.29. The van der Waals surface area contributed by atoms with Crippen molar-refractivity contribution in [2.24, 2.45) is 0 Å². The molecular formula is C10H8FNO5S. The van der Waals surface area contributed by atoms with Crippen LogP contribution in [0.25, 0.3) is 11.0 Å². The van der Waals surface area contributed by atoms with Crippen molar-refractivity contribution in [2.75, 3.05) is 6.54 Å². The highest BCUT2D eigenvalue weighted by Crippen LogP contribution is 2.24. The maximum absolute atomic E-state index is 13.3. The number of aliphatic carboxylic acids is 1. The van der Waals surface area contributed by atoms with E-state index < -0.39 is 33.4 Å². The van der Waals surface area contributed by atoms with Gasteiger partial charge < -0.3 is 9.52 Å². The first kappa shape index (κ1) is 12.5. The summed E-state index contributed by atoms with van der Waals surface area (Å²) in [7, 11) is -4.10. The van der Waals surface area contributed by atoms with Gasteiger partial charge in [-0.1, -0.05) is 12.1 Å². The number of carboxylic acids is 1. The Balaban J connectivity index is 2.42. The molecule has 2 N–H and O–H groups in total. The smallest absolute Gasteiger partial charge is 0.318 e. The predicted octanol–water partition coefficient (Wildman–Crippen LogP) is 0.935. The number of fused-ring (bicyclic) bond motifs is 1. The third-order valence-corrected chi connectivity index (χ3v) is 3.41. The monoisotopic (exact) mass is 273 g/mol. The van der Waals surface area contributed by atoms with E-state index >= 15 is 0 Å². The Hall–Kier alpha value is -1.93. The summed E-state index contributed by atoms with van der Waals surface area (Å²) in [5.41, 5.74) is -0.187. The number of carboxylic acid groups (broad SMARTS) is 1. The van der Waals surface area contributed by atoms with Gasteiger partial charge in [0.05, 0.1) is 0 Å². The Bertz CT molecular complexity index is 706. The van der Waals surface area contributed by atoms with Gasteiger partial charge in [-0.2, -0.15) is 4.72 Å². The van der Waals surface area contributed by atoms with Gasteiger partial charge in [0.15, 0.2) is 11.4 Å². The van der Waals surface area contributed by atoms with Gasteiger partial charge in [0.1, 0.15) is 6.54 Å². The molecule has 8 heteroatoms. The van der Waals surface area contributed by atoms with Crippen LogP contribution in [-0.4, -0.2) is 26.0 Å². The number of benzene rings is 1. The molecule has 0 aliphatic carbocycles. The van der Waals surface area contributed by atoms with E-state index in [-0.39, 0.29) is 11.0 Å². The Morgan fingerprint density at radius 1 is 1.44 bits per heavy atom. The minimum Gasteiger partial charge on any atom is -0.480 e.